The van der Waals surface area contributed by atoms with Gasteiger partial charge in [0.2, 0.25) is 0 Å². The van der Waals surface area contributed by atoms with Crippen LogP contribution in [0.4, 0.5) is 8.78 Å². The van der Waals surface area contributed by atoms with Gasteiger partial charge in [-0.2, -0.15) is 0 Å². The first-order valence-corrected chi connectivity index (χ1v) is 3.63. The van der Waals surface area contributed by atoms with Crippen LogP contribution >= 0.6 is 11.6 Å². The highest BCUT2D eigenvalue weighted by Gasteiger charge is 1.85. The number of carboxylic acid groups (broad SMARTS) is 1. The van der Waals surface area contributed by atoms with Crippen LogP contribution in [0.25, 0.3) is 0 Å². The number of rotatable bonds is 1. The van der Waals surface area contributed by atoms with Crippen LogP contribution in [0.3, 0.4) is 0 Å². The summed E-state index contributed by atoms with van der Waals surface area (Å²) in [6.45, 7) is -1.28. The molecule has 0 aliphatic heterocycles. The molecule has 0 atom stereocenters. The van der Waals surface area contributed by atoms with Crippen molar-refractivity contribution >= 4 is 17.6 Å². The Kier molecular flexibility index (Phi) is 5.80. The normalized spacial score (nSPS) is 8.54. The summed E-state index contributed by atoms with van der Waals surface area (Å²) in [6, 6.07) is 5.67. The Labute approximate surface area is 78.8 Å². The summed E-state index contributed by atoms with van der Waals surface area (Å²) in [4.78, 5) is 8.99. The highest BCUT2D eigenvalue weighted by Crippen LogP contribution is 2.07. The lowest BCUT2D eigenvalue weighted by Gasteiger charge is -1.84. The van der Waals surface area contributed by atoms with E-state index in [2.05, 4.69) is 0 Å². The van der Waals surface area contributed by atoms with Gasteiger partial charge in [-0.25, -0.2) is 13.6 Å². The third-order valence-corrected chi connectivity index (χ3v) is 1.17. The standard InChI is InChI=1S/C6H4ClF.C2H3FO2/c7-5-1-3-6(8)4-2-5;3-1-2(4)5/h1-4H;1H2,(H,4,5). The van der Waals surface area contributed by atoms with Gasteiger partial charge in [-0.15, -0.1) is 0 Å². The molecule has 0 unspecified atom stereocenters. The minimum Gasteiger partial charge on any atom is -0.479 e. The first-order chi connectivity index (χ1) is 6.06. The van der Waals surface area contributed by atoms with E-state index in [-0.39, 0.29) is 5.82 Å². The van der Waals surface area contributed by atoms with Crippen molar-refractivity contribution in [2.45, 2.75) is 0 Å². The molecule has 1 aromatic rings. The summed E-state index contributed by atoms with van der Waals surface area (Å²) in [5, 5.41) is 7.91. The SMILES string of the molecule is Fc1ccc(Cl)cc1.O=C(O)CF. The lowest BCUT2D eigenvalue weighted by molar-refractivity contribution is -0.137. The summed E-state index contributed by atoms with van der Waals surface area (Å²) >= 11 is 5.44. The molecule has 0 saturated carbocycles. The van der Waals surface area contributed by atoms with Crippen LogP contribution in [0.15, 0.2) is 24.3 Å². The summed E-state index contributed by atoms with van der Waals surface area (Å²) in [5.74, 6) is -1.67. The largest absolute Gasteiger partial charge is 0.479 e. The maximum atomic E-state index is 12.0. The lowest BCUT2D eigenvalue weighted by atomic mass is 10.4. The number of hydrogen-bond acceptors (Lipinski definition) is 1. The number of aliphatic carboxylic acids is 1. The van der Waals surface area contributed by atoms with Crippen molar-refractivity contribution in [1.82, 2.24) is 0 Å². The second kappa shape index (κ2) is 6.37. The van der Waals surface area contributed by atoms with Crippen LogP contribution in [0.1, 0.15) is 0 Å². The van der Waals surface area contributed by atoms with E-state index in [1.165, 1.54) is 24.3 Å². The molecule has 0 heterocycles. The predicted molar refractivity (Wildman–Crippen MR) is 45.0 cm³/mol. The molecular weight excluding hydrogens is 202 g/mol. The van der Waals surface area contributed by atoms with E-state index in [4.69, 9.17) is 21.5 Å². The Morgan fingerprint density at radius 2 is 1.77 bits per heavy atom. The third-order valence-electron chi connectivity index (χ3n) is 0.918. The second-order valence-electron chi connectivity index (χ2n) is 1.96. The molecule has 13 heavy (non-hydrogen) atoms. The van der Waals surface area contributed by atoms with E-state index in [1.54, 1.807) is 0 Å². The predicted octanol–water partition coefficient (Wildman–Crippen LogP) is 2.52. The van der Waals surface area contributed by atoms with Gasteiger partial charge >= 0.3 is 5.97 Å². The van der Waals surface area contributed by atoms with E-state index in [0.29, 0.717) is 5.02 Å². The van der Waals surface area contributed by atoms with Gasteiger partial charge in [0, 0.05) is 5.02 Å². The maximum Gasteiger partial charge on any atom is 0.335 e. The number of alkyl halides is 1. The smallest absolute Gasteiger partial charge is 0.335 e. The molecule has 0 saturated heterocycles. The van der Waals surface area contributed by atoms with Crippen molar-refractivity contribution in [3.63, 3.8) is 0 Å². The van der Waals surface area contributed by atoms with E-state index in [0.717, 1.165) is 0 Å². The first kappa shape index (κ1) is 11.8. The Morgan fingerprint density at radius 1 is 1.38 bits per heavy atom. The topological polar surface area (TPSA) is 37.3 Å². The van der Waals surface area contributed by atoms with Gasteiger partial charge in [-0.1, -0.05) is 11.6 Å². The number of carboxylic acids is 1. The Bertz CT molecular complexity index is 240. The van der Waals surface area contributed by atoms with Crippen molar-refractivity contribution in [3.05, 3.63) is 35.1 Å². The molecule has 1 N–H and O–H groups in total. The van der Waals surface area contributed by atoms with Crippen molar-refractivity contribution in [1.29, 1.82) is 0 Å². The minimum atomic E-state index is -1.41. The van der Waals surface area contributed by atoms with E-state index >= 15 is 0 Å². The van der Waals surface area contributed by atoms with Gasteiger partial charge in [0.25, 0.3) is 0 Å². The van der Waals surface area contributed by atoms with Gasteiger partial charge in [0.05, 0.1) is 0 Å². The molecule has 2 nitrogen and oxygen atoms in total. The molecule has 5 heteroatoms. The summed E-state index contributed by atoms with van der Waals surface area (Å²) in [6.07, 6.45) is 0. The second-order valence-corrected chi connectivity index (χ2v) is 2.40. The Balaban J connectivity index is 0.000000252. The van der Waals surface area contributed by atoms with Crippen LogP contribution < -0.4 is 0 Å². The Hall–Kier alpha value is -1.16. The van der Waals surface area contributed by atoms with Gasteiger partial charge in [0.1, 0.15) is 5.82 Å². The van der Waals surface area contributed by atoms with Gasteiger partial charge in [-0.05, 0) is 24.3 Å². The van der Waals surface area contributed by atoms with Crippen LogP contribution in [0.5, 0.6) is 0 Å². The zero-order valence-electron chi connectivity index (χ0n) is 6.51. The highest BCUT2D eigenvalue weighted by molar-refractivity contribution is 6.30. The first-order valence-electron chi connectivity index (χ1n) is 3.25. The molecule has 0 aliphatic rings. The van der Waals surface area contributed by atoms with Crippen LogP contribution in [0.2, 0.25) is 5.02 Å². The maximum absolute atomic E-state index is 12.0. The third kappa shape index (κ3) is 7.21. The van der Waals surface area contributed by atoms with E-state index in [1.807, 2.05) is 0 Å². The van der Waals surface area contributed by atoms with Crippen LogP contribution in [0, 0.1) is 5.82 Å². The van der Waals surface area contributed by atoms with Gasteiger partial charge < -0.3 is 5.11 Å². The van der Waals surface area contributed by atoms with Crippen LogP contribution in [-0.4, -0.2) is 17.8 Å². The molecule has 0 aromatic heterocycles. The zero-order chi connectivity index (χ0) is 10.3. The lowest BCUT2D eigenvalue weighted by Crippen LogP contribution is -1.93. The summed E-state index contributed by atoms with van der Waals surface area (Å²) < 4.78 is 22.5. The average Bonchev–Trinajstić information content (AvgIpc) is 2.11. The molecule has 72 valence electrons. The summed E-state index contributed by atoms with van der Waals surface area (Å²) in [5.41, 5.74) is 0. The molecule has 0 spiro atoms. The minimum absolute atomic E-state index is 0.255. The fraction of sp³-hybridized carbons (Fsp3) is 0.125. The van der Waals surface area contributed by atoms with Crippen molar-refractivity contribution in [2.75, 3.05) is 6.67 Å². The molecule has 0 radical (unpaired) electrons. The molecule has 0 amide bonds. The van der Waals surface area contributed by atoms with Crippen molar-refractivity contribution in [2.24, 2.45) is 0 Å². The molecule has 0 aliphatic carbocycles. The molecule has 1 rings (SSSR count). The van der Waals surface area contributed by atoms with Gasteiger partial charge in [0.15, 0.2) is 6.67 Å². The molecule has 0 bridgehead atoms. The zero-order valence-corrected chi connectivity index (χ0v) is 7.26. The van der Waals surface area contributed by atoms with Crippen molar-refractivity contribution < 1.29 is 18.7 Å². The van der Waals surface area contributed by atoms with Gasteiger partial charge in [-0.3, -0.25) is 0 Å². The number of hydrogen-bond donors (Lipinski definition) is 1. The molecule has 0 fully saturated rings. The number of carbonyl (C=O) groups is 1. The average molecular weight is 209 g/mol. The molecule has 1 aromatic carbocycles. The molecular formula is C8H7ClF2O2. The quantitative estimate of drug-likeness (QED) is 0.770. The fourth-order valence-electron chi connectivity index (χ4n) is 0.430. The number of halogens is 3. The number of benzene rings is 1. The summed E-state index contributed by atoms with van der Waals surface area (Å²) in [7, 11) is 0. The van der Waals surface area contributed by atoms with E-state index < -0.39 is 12.6 Å². The highest BCUT2D eigenvalue weighted by atomic mass is 35.5. The Morgan fingerprint density at radius 3 is 2.00 bits per heavy atom. The van der Waals surface area contributed by atoms with Crippen molar-refractivity contribution in [3.8, 4) is 0 Å². The van der Waals surface area contributed by atoms with E-state index in [9.17, 15) is 8.78 Å². The van der Waals surface area contributed by atoms with Crippen LogP contribution in [-0.2, 0) is 4.79 Å². The fourth-order valence-corrected chi connectivity index (χ4v) is 0.556. The monoisotopic (exact) mass is 208 g/mol.